The van der Waals surface area contributed by atoms with Gasteiger partial charge in [-0.05, 0) is 37.1 Å². The average Bonchev–Trinajstić information content (AvgIpc) is 3.08. The van der Waals surface area contributed by atoms with Crippen LogP contribution in [-0.2, 0) is 4.79 Å². The van der Waals surface area contributed by atoms with Gasteiger partial charge in [0.1, 0.15) is 0 Å². The standard InChI is InChI=1S/C21H24N2O/c24-18(15-23-13-7-8-14-23)22-21-19(16-9-3-1-4-10-16)20(21)17-11-5-2-6-12-17/h1-6,9-12,19-21H,7-8,13-15H2,(H,22,24)/t19-,20-/m1/s1. The third kappa shape index (κ3) is 3.22. The lowest BCUT2D eigenvalue weighted by Crippen LogP contribution is -2.37. The molecule has 1 N–H and O–H groups in total. The van der Waals surface area contributed by atoms with Crippen molar-refractivity contribution in [2.24, 2.45) is 0 Å². The molecule has 4 rings (SSSR count). The number of likely N-dealkylation sites (tertiary alicyclic amines) is 1. The van der Waals surface area contributed by atoms with Gasteiger partial charge in [-0.3, -0.25) is 9.69 Å². The maximum atomic E-state index is 12.5. The van der Waals surface area contributed by atoms with Crippen molar-refractivity contribution < 1.29 is 4.79 Å². The molecule has 0 aromatic heterocycles. The SMILES string of the molecule is O=C(CN1CCCC1)NC1[C@H](c2ccccc2)[C@H]1c1ccccc1. The second-order valence-electron chi connectivity index (χ2n) is 6.95. The molecule has 1 saturated carbocycles. The minimum absolute atomic E-state index is 0.168. The smallest absolute Gasteiger partial charge is 0.234 e. The van der Waals surface area contributed by atoms with E-state index < -0.39 is 0 Å². The maximum Gasteiger partial charge on any atom is 0.234 e. The first-order valence-corrected chi connectivity index (χ1v) is 8.94. The molecule has 2 aliphatic rings. The van der Waals surface area contributed by atoms with Gasteiger partial charge in [0.05, 0.1) is 6.54 Å². The molecule has 1 amide bonds. The third-order valence-corrected chi connectivity index (χ3v) is 5.28. The summed E-state index contributed by atoms with van der Waals surface area (Å²) in [4.78, 5) is 14.7. The van der Waals surface area contributed by atoms with E-state index in [1.165, 1.54) is 24.0 Å². The zero-order chi connectivity index (χ0) is 16.4. The molecule has 2 fully saturated rings. The minimum atomic E-state index is 0.168. The Morgan fingerprint density at radius 1 is 0.875 bits per heavy atom. The number of carbonyl (C=O) groups is 1. The van der Waals surface area contributed by atoms with Crippen LogP contribution in [0.4, 0.5) is 0 Å². The van der Waals surface area contributed by atoms with Crippen LogP contribution in [0.2, 0.25) is 0 Å². The van der Waals surface area contributed by atoms with Gasteiger partial charge >= 0.3 is 0 Å². The van der Waals surface area contributed by atoms with Crippen molar-refractivity contribution in [2.75, 3.05) is 19.6 Å². The van der Waals surface area contributed by atoms with Crippen molar-refractivity contribution in [1.82, 2.24) is 10.2 Å². The Labute approximate surface area is 143 Å². The fraction of sp³-hybridized carbons (Fsp3) is 0.381. The van der Waals surface area contributed by atoms with E-state index in [-0.39, 0.29) is 11.9 Å². The van der Waals surface area contributed by atoms with Crippen LogP contribution in [0.3, 0.4) is 0 Å². The summed E-state index contributed by atoms with van der Waals surface area (Å²) >= 11 is 0. The largest absolute Gasteiger partial charge is 0.351 e. The molecule has 0 bridgehead atoms. The van der Waals surface area contributed by atoms with E-state index in [0.717, 1.165) is 13.1 Å². The molecule has 1 heterocycles. The van der Waals surface area contributed by atoms with Crippen molar-refractivity contribution in [3.05, 3.63) is 71.8 Å². The average molecular weight is 320 g/mol. The molecule has 2 aromatic rings. The highest BCUT2D eigenvalue weighted by atomic mass is 16.2. The van der Waals surface area contributed by atoms with Gasteiger partial charge in [-0.1, -0.05) is 60.7 Å². The first kappa shape index (κ1) is 15.4. The summed E-state index contributed by atoms with van der Waals surface area (Å²) in [6, 6.07) is 21.3. The van der Waals surface area contributed by atoms with Crippen LogP contribution in [0.5, 0.6) is 0 Å². The van der Waals surface area contributed by atoms with Gasteiger partial charge in [0.25, 0.3) is 0 Å². The Bertz CT molecular complexity index is 634. The molecule has 2 aromatic carbocycles. The fourth-order valence-electron chi connectivity index (χ4n) is 4.05. The van der Waals surface area contributed by atoms with Gasteiger partial charge in [-0.25, -0.2) is 0 Å². The van der Waals surface area contributed by atoms with Crippen LogP contribution in [-0.4, -0.2) is 36.5 Å². The van der Waals surface area contributed by atoms with E-state index in [1.807, 2.05) is 12.1 Å². The molecule has 1 aliphatic carbocycles. The summed E-state index contributed by atoms with van der Waals surface area (Å²) in [7, 11) is 0. The van der Waals surface area contributed by atoms with Crippen LogP contribution >= 0.6 is 0 Å². The van der Waals surface area contributed by atoms with E-state index in [2.05, 4.69) is 58.7 Å². The second-order valence-corrected chi connectivity index (χ2v) is 6.95. The quantitative estimate of drug-likeness (QED) is 0.918. The normalized spacial score (nSPS) is 26.2. The highest BCUT2D eigenvalue weighted by Gasteiger charge is 2.52. The monoisotopic (exact) mass is 320 g/mol. The predicted octanol–water partition coefficient (Wildman–Crippen LogP) is 3.15. The topological polar surface area (TPSA) is 32.3 Å². The summed E-state index contributed by atoms with van der Waals surface area (Å²) < 4.78 is 0. The van der Waals surface area contributed by atoms with E-state index >= 15 is 0 Å². The van der Waals surface area contributed by atoms with Crippen molar-refractivity contribution in [3.8, 4) is 0 Å². The number of carbonyl (C=O) groups excluding carboxylic acids is 1. The van der Waals surface area contributed by atoms with Gasteiger partial charge in [-0.15, -0.1) is 0 Å². The van der Waals surface area contributed by atoms with Crippen LogP contribution in [0.15, 0.2) is 60.7 Å². The lowest BCUT2D eigenvalue weighted by atomic mass is 10.0. The van der Waals surface area contributed by atoms with Crippen LogP contribution in [0.1, 0.15) is 35.8 Å². The van der Waals surface area contributed by atoms with E-state index in [1.54, 1.807) is 0 Å². The van der Waals surface area contributed by atoms with E-state index in [4.69, 9.17) is 0 Å². The van der Waals surface area contributed by atoms with Gasteiger partial charge < -0.3 is 5.32 Å². The Balaban J connectivity index is 1.48. The summed E-state index contributed by atoms with van der Waals surface area (Å²) in [5.41, 5.74) is 2.63. The third-order valence-electron chi connectivity index (χ3n) is 5.28. The van der Waals surface area contributed by atoms with Crippen LogP contribution < -0.4 is 5.32 Å². The molecular formula is C21H24N2O. The van der Waals surface area contributed by atoms with E-state index in [0.29, 0.717) is 18.4 Å². The van der Waals surface area contributed by atoms with Crippen molar-refractivity contribution in [3.63, 3.8) is 0 Å². The Morgan fingerprint density at radius 3 is 1.88 bits per heavy atom. The lowest BCUT2D eigenvalue weighted by Gasteiger charge is -2.14. The van der Waals surface area contributed by atoms with Gasteiger partial charge in [-0.2, -0.15) is 0 Å². The Hall–Kier alpha value is -2.13. The molecule has 1 saturated heterocycles. The predicted molar refractivity (Wildman–Crippen MR) is 96.0 cm³/mol. The molecule has 0 radical (unpaired) electrons. The summed E-state index contributed by atoms with van der Waals surface area (Å²) in [6.45, 7) is 2.66. The fourth-order valence-corrected chi connectivity index (χ4v) is 4.05. The van der Waals surface area contributed by atoms with Crippen molar-refractivity contribution >= 4 is 5.91 Å². The first-order chi connectivity index (χ1) is 11.8. The van der Waals surface area contributed by atoms with Crippen LogP contribution in [0, 0.1) is 0 Å². The molecule has 1 aliphatic heterocycles. The summed E-state index contributed by atoms with van der Waals surface area (Å²) in [5.74, 6) is 0.938. The number of rotatable bonds is 5. The van der Waals surface area contributed by atoms with Crippen LogP contribution in [0.25, 0.3) is 0 Å². The summed E-state index contributed by atoms with van der Waals surface area (Å²) in [6.07, 6.45) is 2.44. The minimum Gasteiger partial charge on any atom is -0.351 e. The molecule has 0 unspecified atom stereocenters. The van der Waals surface area contributed by atoms with Gasteiger partial charge in [0.15, 0.2) is 0 Å². The van der Waals surface area contributed by atoms with Crippen molar-refractivity contribution in [1.29, 1.82) is 0 Å². The number of amides is 1. The lowest BCUT2D eigenvalue weighted by molar-refractivity contribution is -0.122. The molecule has 3 nitrogen and oxygen atoms in total. The highest BCUT2D eigenvalue weighted by molar-refractivity contribution is 5.79. The van der Waals surface area contributed by atoms with E-state index in [9.17, 15) is 4.79 Å². The molecule has 0 spiro atoms. The Morgan fingerprint density at radius 2 is 1.38 bits per heavy atom. The number of hydrogen-bond acceptors (Lipinski definition) is 2. The molecule has 3 heteroatoms. The number of nitrogens with zero attached hydrogens (tertiary/aromatic N) is 1. The number of hydrogen-bond donors (Lipinski definition) is 1. The maximum absolute atomic E-state index is 12.5. The highest BCUT2D eigenvalue weighted by Crippen LogP contribution is 2.54. The van der Waals surface area contributed by atoms with Crippen molar-refractivity contribution in [2.45, 2.75) is 30.7 Å². The number of nitrogens with one attached hydrogen (secondary N) is 1. The summed E-state index contributed by atoms with van der Waals surface area (Å²) in [5, 5.41) is 3.30. The zero-order valence-corrected chi connectivity index (χ0v) is 13.9. The molecule has 2 atom stereocenters. The molecule has 24 heavy (non-hydrogen) atoms. The Kier molecular flexibility index (Phi) is 4.35. The first-order valence-electron chi connectivity index (χ1n) is 8.94. The molecule has 124 valence electrons. The number of benzene rings is 2. The second kappa shape index (κ2) is 6.78. The zero-order valence-electron chi connectivity index (χ0n) is 13.9. The van der Waals surface area contributed by atoms with Gasteiger partial charge in [0, 0.05) is 17.9 Å². The van der Waals surface area contributed by atoms with Gasteiger partial charge in [0.2, 0.25) is 5.91 Å². The molecular weight excluding hydrogens is 296 g/mol.